The van der Waals surface area contributed by atoms with Gasteiger partial charge in [0.1, 0.15) is 11.7 Å². The van der Waals surface area contributed by atoms with E-state index in [1.165, 1.54) is 4.88 Å². The highest BCUT2D eigenvalue weighted by Crippen LogP contribution is 2.50. The van der Waals surface area contributed by atoms with Crippen LogP contribution in [0.25, 0.3) is 0 Å². The van der Waals surface area contributed by atoms with Gasteiger partial charge in [0.25, 0.3) is 0 Å². The van der Waals surface area contributed by atoms with E-state index in [2.05, 4.69) is 10.1 Å². The van der Waals surface area contributed by atoms with Gasteiger partial charge >= 0.3 is 0 Å². The van der Waals surface area contributed by atoms with Crippen molar-refractivity contribution in [2.24, 2.45) is 11.7 Å². The van der Waals surface area contributed by atoms with Crippen molar-refractivity contribution >= 4 is 23.2 Å². The Labute approximate surface area is 189 Å². The molecule has 0 spiro atoms. The summed E-state index contributed by atoms with van der Waals surface area (Å²) in [6.45, 7) is 2.30. The normalized spacial score (nSPS) is 24.2. The van der Waals surface area contributed by atoms with Gasteiger partial charge in [0, 0.05) is 36.6 Å². The van der Waals surface area contributed by atoms with Gasteiger partial charge in [-0.3, -0.25) is 9.59 Å². The summed E-state index contributed by atoms with van der Waals surface area (Å²) in [5, 5.41) is 6.07. The molecular weight excluding hydrogens is 428 g/mol. The van der Waals surface area contributed by atoms with Gasteiger partial charge < -0.3 is 19.9 Å². The number of aryl methyl sites for hydroxylation is 1. The minimum absolute atomic E-state index is 0.276. The van der Waals surface area contributed by atoms with Gasteiger partial charge in [0.15, 0.2) is 11.5 Å². The number of ether oxygens (including phenoxy) is 1. The zero-order valence-electron chi connectivity index (χ0n) is 17.7. The van der Waals surface area contributed by atoms with Crippen LogP contribution in [0, 0.1) is 5.92 Å². The number of hydrogen-bond acceptors (Lipinski definition) is 7. The molecule has 3 unspecified atom stereocenters. The summed E-state index contributed by atoms with van der Waals surface area (Å²) in [7, 11) is 0. The topological polar surface area (TPSA) is 112 Å². The van der Waals surface area contributed by atoms with Crippen molar-refractivity contribution < 1.29 is 18.8 Å². The summed E-state index contributed by atoms with van der Waals surface area (Å²) < 4.78 is 11.6. The van der Waals surface area contributed by atoms with E-state index in [0.717, 1.165) is 5.56 Å². The largest absolute Gasteiger partial charge is 0.468 e. The molecule has 2 aliphatic heterocycles. The van der Waals surface area contributed by atoms with Crippen LogP contribution in [-0.4, -0.2) is 39.1 Å². The fourth-order valence-corrected chi connectivity index (χ4v) is 5.50. The summed E-state index contributed by atoms with van der Waals surface area (Å²) in [6.07, 6.45) is 2.29. The second-order valence-corrected chi connectivity index (χ2v) is 9.49. The second kappa shape index (κ2) is 8.05. The number of nitrogens with two attached hydrogens (primary N) is 1. The van der Waals surface area contributed by atoms with Gasteiger partial charge in [-0.1, -0.05) is 29.4 Å². The minimum Gasteiger partial charge on any atom is -0.468 e. The average Bonchev–Trinajstić information content (AvgIpc) is 3.42. The molecule has 0 saturated carbocycles. The molecule has 3 atom stereocenters. The lowest BCUT2D eigenvalue weighted by molar-refractivity contribution is -0.175. The van der Waals surface area contributed by atoms with E-state index in [1.807, 2.05) is 48.7 Å². The molecule has 1 fully saturated rings. The van der Waals surface area contributed by atoms with E-state index in [9.17, 15) is 9.59 Å². The summed E-state index contributed by atoms with van der Waals surface area (Å²) >= 11 is 1.65. The number of nitrogens with zero attached hydrogens (tertiary/aromatic N) is 3. The van der Waals surface area contributed by atoms with E-state index in [4.69, 9.17) is 15.0 Å². The van der Waals surface area contributed by atoms with E-state index >= 15 is 0 Å². The molecule has 8 nitrogen and oxygen atoms in total. The zero-order valence-corrected chi connectivity index (χ0v) is 18.5. The van der Waals surface area contributed by atoms with Gasteiger partial charge in [-0.25, -0.2) is 0 Å². The number of carbonyl (C=O) groups excluding carboxylic acids is 2. The van der Waals surface area contributed by atoms with E-state index in [-0.39, 0.29) is 11.8 Å². The fraction of sp³-hybridized carbons (Fsp3) is 0.391. The third-order valence-electron chi connectivity index (χ3n) is 6.25. The number of carbonyl (C=O) groups is 2. The number of hydrogen-bond donors (Lipinski definition) is 1. The molecule has 32 heavy (non-hydrogen) atoms. The molecule has 1 saturated heterocycles. The first-order valence-corrected chi connectivity index (χ1v) is 11.6. The second-order valence-electron chi connectivity index (χ2n) is 8.46. The third-order valence-corrected chi connectivity index (χ3v) is 7.13. The molecule has 9 heteroatoms. The molecule has 0 radical (unpaired) electrons. The molecule has 4 heterocycles. The Morgan fingerprint density at radius 1 is 1.31 bits per heavy atom. The highest BCUT2D eigenvalue weighted by atomic mass is 32.1. The number of para-hydroxylation sites is 1. The van der Waals surface area contributed by atoms with Gasteiger partial charge in [-0.05, 0) is 36.4 Å². The van der Waals surface area contributed by atoms with Crippen molar-refractivity contribution in [3.63, 3.8) is 0 Å². The van der Waals surface area contributed by atoms with Gasteiger partial charge in [-0.2, -0.15) is 4.98 Å². The quantitative estimate of drug-likeness (QED) is 0.552. The Hall–Kier alpha value is -3.20. The Balaban J connectivity index is 1.30. The van der Waals surface area contributed by atoms with Gasteiger partial charge in [-0.15, -0.1) is 11.3 Å². The summed E-state index contributed by atoms with van der Waals surface area (Å²) in [5.74, 6) is -0.174. The number of primary amides is 1. The van der Waals surface area contributed by atoms with E-state index < -0.39 is 17.6 Å². The molecule has 2 bridgehead atoms. The van der Waals surface area contributed by atoms with Crippen molar-refractivity contribution in [1.82, 2.24) is 15.0 Å². The number of aromatic nitrogens is 2. The maximum absolute atomic E-state index is 13.3. The first-order chi connectivity index (χ1) is 15.4. The summed E-state index contributed by atoms with van der Waals surface area (Å²) in [6, 6.07) is 11.6. The molecule has 2 N–H and O–H groups in total. The highest BCUT2D eigenvalue weighted by Gasteiger charge is 2.55. The molecule has 1 aromatic carbocycles. The smallest absolute Gasteiger partial charge is 0.238 e. The monoisotopic (exact) mass is 452 g/mol. The number of thiophene rings is 1. The maximum Gasteiger partial charge on any atom is 0.238 e. The number of benzene rings is 1. The van der Waals surface area contributed by atoms with E-state index in [0.29, 0.717) is 49.7 Å². The Morgan fingerprint density at radius 3 is 2.94 bits per heavy atom. The average molecular weight is 453 g/mol. The lowest BCUT2D eigenvalue weighted by Crippen LogP contribution is -2.64. The van der Waals surface area contributed by atoms with Crippen molar-refractivity contribution in [2.75, 3.05) is 6.54 Å². The predicted molar refractivity (Wildman–Crippen MR) is 117 cm³/mol. The molecule has 2 aliphatic rings. The lowest BCUT2D eigenvalue weighted by Gasteiger charge is -2.52. The molecule has 0 aliphatic carbocycles. The van der Waals surface area contributed by atoms with Crippen molar-refractivity contribution in [3.8, 4) is 5.75 Å². The predicted octanol–water partition coefficient (Wildman–Crippen LogP) is 2.88. The van der Waals surface area contributed by atoms with Crippen LogP contribution >= 0.6 is 11.3 Å². The molecule has 3 aromatic rings. The third kappa shape index (κ3) is 3.66. The van der Waals surface area contributed by atoms with Crippen LogP contribution in [0.3, 0.4) is 0 Å². The van der Waals surface area contributed by atoms with E-state index in [1.54, 1.807) is 16.2 Å². The Kier molecular flexibility index (Phi) is 5.21. The number of likely N-dealkylation sites (tertiary alicyclic amines) is 1. The van der Waals surface area contributed by atoms with Crippen LogP contribution < -0.4 is 10.5 Å². The molecular formula is C23H24N4O4S. The Morgan fingerprint density at radius 2 is 2.16 bits per heavy atom. The molecule has 2 amide bonds. The van der Waals surface area contributed by atoms with Crippen LogP contribution in [0.2, 0.25) is 0 Å². The lowest BCUT2D eigenvalue weighted by atomic mass is 9.73. The highest BCUT2D eigenvalue weighted by molar-refractivity contribution is 7.09. The van der Waals surface area contributed by atoms with Crippen molar-refractivity contribution in [2.45, 2.75) is 44.2 Å². The van der Waals surface area contributed by atoms with Crippen LogP contribution in [0.4, 0.5) is 0 Å². The zero-order chi connectivity index (χ0) is 22.3. The molecule has 5 rings (SSSR count). The number of fused-ring (bicyclic) bond motifs is 4. The number of piperidine rings is 1. The van der Waals surface area contributed by atoms with Crippen LogP contribution in [0.1, 0.15) is 47.8 Å². The first kappa shape index (κ1) is 20.7. The van der Waals surface area contributed by atoms with Gasteiger partial charge in [0.2, 0.25) is 17.7 Å². The Bertz CT molecular complexity index is 1140. The number of rotatable bonds is 7. The molecule has 2 aromatic heterocycles. The first-order valence-electron chi connectivity index (χ1n) is 10.7. The summed E-state index contributed by atoms with van der Waals surface area (Å²) in [4.78, 5) is 32.9. The van der Waals surface area contributed by atoms with Gasteiger partial charge in [0.05, 0.1) is 0 Å². The number of amides is 2. The summed E-state index contributed by atoms with van der Waals surface area (Å²) in [5.41, 5.74) is 5.71. The standard InChI is InChI=1S/C23H24N4O4S/c1-23-13-16(15-7-2-3-8-17(15)30-23)20(21(24)28)22(29)27(23)10-4-9-19-25-18(26-31-19)12-14-6-5-11-32-14/h2-3,5-8,11,16,20H,4,9-10,12-13H2,1H3,(H2,24,28). The van der Waals surface area contributed by atoms with Crippen LogP contribution in [0.5, 0.6) is 5.75 Å². The van der Waals surface area contributed by atoms with Crippen molar-refractivity contribution in [1.29, 1.82) is 0 Å². The van der Waals surface area contributed by atoms with Crippen LogP contribution in [0.15, 0.2) is 46.3 Å². The fourth-order valence-electron chi connectivity index (χ4n) is 4.80. The SMILES string of the molecule is CC12CC(c3ccccc3O1)C(C(N)=O)C(=O)N2CCCc1nc(Cc2cccs2)no1. The maximum atomic E-state index is 13.3. The van der Waals surface area contributed by atoms with Crippen LogP contribution in [-0.2, 0) is 22.4 Å². The molecule has 166 valence electrons. The minimum atomic E-state index is -0.895. The van der Waals surface area contributed by atoms with Crippen molar-refractivity contribution in [3.05, 3.63) is 63.9 Å².